The van der Waals surface area contributed by atoms with E-state index in [1.807, 2.05) is 17.5 Å². The van der Waals surface area contributed by atoms with Crippen molar-refractivity contribution in [3.05, 3.63) is 53.4 Å². The number of hydrogen-bond acceptors (Lipinski definition) is 8. The number of nitrogens with zero attached hydrogens (tertiary/aromatic N) is 4. The fourth-order valence-electron chi connectivity index (χ4n) is 1.94. The number of hydrogen-bond donors (Lipinski definition) is 1. The van der Waals surface area contributed by atoms with Gasteiger partial charge in [0.05, 0.1) is 18.8 Å². The summed E-state index contributed by atoms with van der Waals surface area (Å²) in [7, 11) is 0. The number of esters is 1. The van der Waals surface area contributed by atoms with Crippen LogP contribution in [0.4, 0.5) is 5.82 Å². The smallest absolute Gasteiger partial charge is 0.358 e. The van der Waals surface area contributed by atoms with Crippen LogP contribution in [0.15, 0.2) is 42.0 Å². The van der Waals surface area contributed by atoms with Crippen molar-refractivity contribution in [1.29, 1.82) is 0 Å². The summed E-state index contributed by atoms with van der Waals surface area (Å²) in [5.41, 5.74) is 2.14. The maximum absolute atomic E-state index is 11.5. The summed E-state index contributed by atoms with van der Waals surface area (Å²) in [6, 6.07) is 7.12. The van der Waals surface area contributed by atoms with E-state index in [9.17, 15) is 4.79 Å². The second-order valence-electron chi connectivity index (χ2n) is 4.76. The number of anilines is 1. The quantitative estimate of drug-likeness (QED) is 0.689. The number of thiazole rings is 1. The van der Waals surface area contributed by atoms with Crippen LogP contribution in [0.1, 0.15) is 23.1 Å². The lowest BCUT2D eigenvalue weighted by atomic mass is 10.3. The van der Waals surface area contributed by atoms with Gasteiger partial charge in [0.2, 0.25) is 0 Å². The number of carbonyl (C=O) groups excluding carboxylic acids is 1. The third-order valence-electron chi connectivity index (χ3n) is 3.08. The van der Waals surface area contributed by atoms with E-state index in [1.165, 1.54) is 0 Å². The maximum atomic E-state index is 11.5. The van der Waals surface area contributed by atoms with E-state index >= 15 is 0 Å². The van der Waals surface area contributed by atoms with Gasteiger partial charge in [-0.3, -0.25) is 4.98 Å². The van der Waals surface area contributed by atoms with E-state index in [-0.39, 0.29) is 5.69 Å². The first kappa shape index (κ1) is 16.0. The third kappa shape index (κ3) is 3.90. The molecule has 8 heteroatoms. The number of carbonyl (C=O) groups is 1. The Morgan fingerprint density at radius 1 is 1.21 bits per heavy atom. The van der Waals surface area contributed by atoms with Crippen LogP contribution < -0.4 is 5.32 Å². The van der Waals surface area contributed by atoms with Crippen LogP contribution in [0.25, 0.3) is 10.6 Å². The molecule has 0 fully saturated rings. The Morgan fingerprint density at radius 2 is 2.04 bits per heavy atom. The fourth-order valence-corrected chi connectivity index (χ4v) is 2.76. The van der Waals surface area contributed by atoms with Crippen molar-refractivity contribution in [1.82, 2.24) is 20.2 Å². The van der Waals surface area contributed by atoms with Gasteiger partial charge in [-0.2, -0.15) is 0 Å². The molecule has 0 aliphatic rings. The lowest BCUT2D eigenvalue weighted by Crippen LogP contribution is -2.09. The van der Waals surface area contributed by atoms with Gasteiger partial charge in [-0.25, -0.2) is 9.78 Å². The maximum Gasteiger partial charge on any atom is 0.358 e. The second kappa shape index (κ2) is 7.60. The van der Waals surface area contributed by atoms with Gasteiger partial charge in [0.15, 0.2) is 5.69 Å². The van der Waals surface area contributed by atoms with Crippen molar-refractivity contribution >= 4 is 23.1 Å². The van der Waals surface area contributed by atoms with E-state index in [0.717, 1.165) is 16.3 Å². The molecule has 3 aromatic rings. The summed E-state index contributed by atoms with van der Waals surface area (Å²) in [5.74, 6) is 0.0968. The molecule has 0 spiro atoms. The van der Waals surface area contributed by atoms with E-state index in [0.29, 0.717) is 19.0 Å². The topological polar surface area (TPSA) is 89.9 Å². The van der Waals surface area contributed by atoms with E-state index in [4.69, 9.17) is 4.74 Å². The summed E-state index contributed by atoms with van der Waals surface area (Å²) in [6.45, 7) is 2.58. The van der Waals surface area contributed by atoms with Gasteiger partial charge in [0.25, 0.3) is 0 Å². The molecule has 0 bridgehead atoms. The van der Waals surface area contributed by atoms with Crippen molar-refractivity contribution in [3.63, 3.8) is 0 Å². The minimum Gasteiger partial charge on any atom is -0.461 e. The first-order valence-electron chi connectivity index (χ1n) is 7.36. The molecule has 3 heterocycles. The van der Waals surface area contributed by atoms with E-state index in [1.54, 1.807) is 42.8 Å². The van der Waals surface area contributed by atoms with Crippen LogP contribution in [0.2, 0.25) is 0 Å². The molecule has 122 valence electrons. The molecule has 0 saturated heterocycles. The molecule has 7 nitrogen and oxygen atoms in total. The van der Waals surface area contributed by atoms with Gasteiger partial charge in [0, 0.05) is 23.3 Å². The van der Waals surface area contributed by atoms with E-state index < -0.39 is 5.97 Å². The van der Waals surface area contributed by atoms with Gasteiger partial charge in [-0.05, 0) is 31.2 Å². The average Bonchev–Trinajstić information content (AvgIpc) is 3.10. The predicted octanol–water partition coefficient (Wildman–Crippen LogP) is 2.78. The molecular weight excluding hydrogens is 326 g/mol. The molecule has 24 heavy (non-hydrogen) atoms. The monoisotopic (exact) mass is 341 g/mol. The van der Waals surface area contributed by atoms with Crippen molar-refractivity contribution < 1.29 is 9.53 Å². The first-order chi connectivity index (χ1) is 11.8. The molecule has 0 aliphatic heterocycles. The molecule has 0 atom stereocenters. The Kier molecular flexibility index (Phi) is 5.07. The zero-order chi connectivity index (χ0) is 16.8. The molecular formula is C16H15N5O2S. The molecule has 3 rings (SSSR count). The highest BCUT2D eigenvalue weighted by Gasteiger charge is 2.09. The van der Waals surface area contributed by atoms with Gasteiger partial charge in [-0.15, -0.1) is 21.5 Å². The summed E-state index contributed by atoms with van der Waals surface area (Å²) >= 11 is 1.57. The lowest BCUT2D eigenvalue weighted by Gasteiger charge is -2.04. The van der Waals surface area contributed by atoms with Crippen LogP contribution in [-0.4, -0.2) is 32.7 Å². The number of rotatable bonds is 6. The number of pyridine rings is 1. The Hall–Kier alpha value is -2.87. The molecule has 0 saturated carbocycles. The van der Waals surface area contributed by atoms with Crippen molar-refractivity contribution in [2.24, 2.45) is 0 Å². The Morgan fingerprint density at radius 3 is 2.75 bits per heavy atom. The summed E-state index contributed by atoms with van der Waals surface area (Å²) in [4.78, 5) is 20.1. The molecule has 1 N–H and O–H groups in total. The zero-order valence-electron chi connectivity index (χ0n) is 13.0. The highest BCUT2D eigenvalue weighted by atomic mass is 32.1. The average molecular weight is 341 g/mol. The molecule has 3 aromatic heterocycles. The largest absolute Gasteiger partial charge is 0.461 e. The van der Waals surface area contributed by atoms with Crippen molar-refractivity contribution in [3.8, 4) is 10.6 Å². The SMILES string of the molecule is CCOC(=O)c1ccc(NCc2csc(-c3ccncc3)n2)nn1. The zero-order valence-corrected chi connectivity index (χ0v) is 13.8. The summed E-state index contributed by atoms with van der Waals surface area (Å²) < 4.78 is 4.87. The van der Waals surface area contributed by atoms with Gasteiger partial charge < -0.3 is 10.1 Å². The molecule has 0 aromatic carbocycles. The molecule has 0 radical (unpaired) electrons. The molecule has 0 aliphatic carbocycles. The second-order valence-corrected chi connectivity index (χ2v) is 5.62. The van der Waals surface area contributed by atoms with Gasteiger partial charge >= 0.3 is 5.97 Å². The van der Waals surface area contributed by atoms with Gasteiger partial charge in [-0.1, -0.05) is 0 Å². The number of aromatic nitrogens is 4. The number of ether oxygens (including phenoxy) is 1. The van der Waals surface area contributed by atoms with Gasteiger partial charge in [0.1, 0.15) is 10.8 Å². The van der Waals surface area contributed by atoms with E-state index in [2.05, 4.69) is 25.5 Å². The van der Waals surface area contributed by atoms with Crippen LogP contribution in [0, 0.1) is 0 Å². The van der Waals surface area contributed by atoms with Crippen LogP contribution in [-0.2, 0) is 11.3 Å². The molecule has 0 unspecified atom stereocenters. The van der Waals surface area contributed by atoms with Crippen molar-refractivity contribution in [2.75, 3.05) is 11.9 Å². The third-order valence-corrected chi connectivity index (χ3v) is 4.02. The fraction of sp³-hybridized carbons (Fsp3) is 0.188. The highest BCUT2D eigenvalue weighted by Crippen LogP contribution is 2.23. The normalized spacial score (nSPS) is 10.4. The van der Waals surface area contributed by atoms with Crippen LogP contribution in [0.3, 0.4) is 0 Å². The lowest BCUT2D eigenvalue weighted by molar-refractivity contribution is 0.0518. The van der Waals surface area contributed by atoms with Crippen molar-refractivity contribution in [2.45, 2.75) is 13.5 Å². The Labute approximate surface area is 142 Å². The summed E-state index contributed by atoms with van der Waals surface area (Å²) in [5, 5.41) is 13.9. The predicted molar refractivity (Wildman–Crippen MR) is 90.7 cm³/mol. The Bertz CT molecular complexity index is 805. The minimum absolute atomic E-state index is 0.191. The van der Waals surface area contributed by atoms with Crippen LogP contribution in [0.5, 0.6) is 0 Å². The van der Waals surface area contributed by atoms with Crippen LogP contribution >= 0.6 is 11.3 Å². The Balaban J connectivity index is 1.60. The standard InChI is InChI=1S/C16H15N5O2S/c1-2-23-16(22)13-3-4-14(21-20-13)18-9-12-10-24-15(19-12)11-5-7-17-8-6-11/h3-8,10H,2,9H2,1H3,(H,18,21). The highest BCUT2D eigenvalue weighted by molar-refractivity contribution is 7.13. The number of nitrogens with one attached hydrogen (secondary N) is 1. The minimum atomic E-state index is -0.474. The molecule has 0 amide bonds. The summed E-state index contributed by atoms with van der Waals surface area (Å²) in [6.07, 6.45) is 3.49. The first-order valence-corrected chi connectivity index (χ1v) is 8.23.